The molecule has 0 bridgehead atoms. The van der Waals surface area contributed by atoms with Gasteiger partial charge in [0.25, 0.3) is 5.91 Å². The Bertz CT molecular complexity index is 696. The number of amides is 1. The molecule has 0 fully saturated rings. The second-order valence-electron chi connectivity index (χ2n) is 5.38. The van der Waals surface area contributed by atoms with Crippen molar-refractivity contribution in [1.29, 1.82) is 0 Å². The van der Waals surface area contributed by atoms with Crippen molar-refractivity contribution >= 4 is 21.9 Å². The van der Waals surface area contributed by atoms with E-state index in [2.05, 4.69) is 16.6 Å². The lowest BCUT2D eigenvalue weighted by atomic mass is 10.2. The summed E-state index contributed by atoms with van der Waals surface area (Å²) in [5.41, 5.74) is 0.155. The topological polar surface area (TPSA) is 102 Å². The normalized spacial score (nSPS) is 12.5. The average Bonchev–Trinajstić information content (AvgIpc) is 2.52. The van der Waals surface area contributed by atoms with Crippen LogP contribution in [0.25, 0.3) is 0 Å². The van der Waals surface area contributed by atoms with Crippen LogP contribution < -0.4 is 10.0 Å². The number of carbonyl (C=O) groups excluding carboxylic acids is 2. The molecule has 24 heavy (non-hydrogen) atoms. The van der Waals surface area contributed by atoms with Crippen LogP contribution in [-0.2, 0) is 19.6 Å². The second kappa shape index (κ2) is 8.60. The Morgan fingerprint density at radius 1 is 1.21 bits per heavy atom. The second-order valence-corrected chi connectivity index (χ2v) is 7.14. The van der Waals surface area contributed by atoms with Gasteiger partial charge >= 0.3 is 5.97 Å². The monoisotopic (exact) mass is 354 g/mol. The predicted molar refractivity (Wildman–Crippen MR) is 90.0 cm³/mol. The molecule has 0 spiro atoms. The van der Waals surface area contributed by atoms with Gasteiger partial charge in [-0.25, -0.2) is 17.9 Å². The highest BCUT2D eigenvalue weighted by molar-refractivity contribution is 7.89. The minimum Gasteiger partial charge on any atom is -0.449 e. The molecule has 1 aromatic carbocycles. The number of benzene rings is 1. The zero-order valence-electron chi connectivity index (χ0n) is 13.9. The van der Waals surface area contributed by atoms with Crippen molar-refractivity contribution < 1.29 is 22.7 Å². The molecule has 1 amide bonds. The van der Waals surface area contributed by atoms with Gasteiger partial charge in [0.15, 0.2) is 6.10 Å². The maximum Gasteiger partial charge on any atom is 0.338 e. The third-order valence-electron chi connectivity index (χ3n) is 2.90. The third-order valence-corrected chi connectivity index (χ3v) is 4.34. The molecule has 132 valence electrons. The van der Waals surface area contributed by atoms with E-state index < -0.39 is 28.0 Å². The molecule has 0 aliphatic heterocycles. The standard InChI is InChI=1S/C16H22N2O5S/c1-5-10-17-24(21,22)14-8-6-13(7-9-14)16(20)23-12(4)15(19)18-11(2)3/h5-9,11-12,17H,1,10H2,2-4H3,(H,18,19)/t12-/m0/s1. The fraction of sp³-hybridized carbons (Fsp3) is 0.375. The Morgan fingerprint density at radius 2 is 1.79 bits per heavy atom. The van der Waals surface area contributed by atoms with Crippen LogP contribution in [0.1, 0.15) is 31.1 Å². The molecule has 7 nitrogen and oxygen atoms in total. The molecule has 8 heteroatoms. The van der Waals surface area contributed by atoms with Gasteiger partial charge in [0, 0.05) is 12.6 Å². The number of hydrogen-bond donors (Lipinski definition) is 2. The first kappa shape index (κ1) is 19.9. The highest BCUT2D eigenvalue weighted by Gasteiger charge is 2.20. The van der Waals surface area contributed by atoms with Crippen LogP contribution in [0.3, 0.4) is 0 Å². The van der Waals surface area contributed by atoms with Crippen LogP contribution in [0.5, 0.6) is 0 Å². The lowest BCUT2D eigenvalue weighted by Gasteiger charge is -2.15. The van der Waals surface area contributed by atoms with E-state index in [1.165, 1.54) is 37.3 Å². The summed E-state index contributed by atoms with van der Waals surface area (Å²) in [6.07, 6.45) is 0.477. The zero-order chi connectivity index (χ0) is 18.3. The average molecular weight is 354 g/mol. The minimum atomic E-state index is -3.65. The molecule has 0 aromatic heterocycles. The minimum absolute atomic E-state index is 0.0199. The van der Waals surface area contributed by atoms with Crippen LogP contribution in [-0.4, -0.2) is 39.0 Å². The molecule has 2 N–H and O–H groups in total. The summed E-state index contributed by atoms with van der Waals surface area (Å²) in [4.78, 5) is 23.7. The van der Waals surface area contributed by atoms with Gasteiger partial charge in [-0.15, -0.1) is 6.58 Å². The molecule has 0 saturated heterocycles. The Kier molecular flexibility index (Phi) is 7.12. The summed E-state index contributed by atoms with van der Waals surface area (Å²) in [5.74, 6) is -1.10. The van der Waals surface area contributed by atoms with Crippen molar-refractivity contribution in [3.63, 3.8) is 0 Å². The summed E-state index contributed by atoms with van der Waals surface area (Å²) >= 11 is 0. The highest BCUT2D eigenvalue weighted by atomic mass is 32.2. The van der Waals surface area contributed by atoms with Crippen molar-refractivity contribution in [2.45, 2.75) is 37.8 Å². The van der Waals surface area contributed by atoms with Crippen LogP contribution >= 0.6 is 0 Å². The zero-order valence-corrected chi connectivity index (χ0v) is 14.7. The third kappa shape index (κ3) is 5.78. The van der Waals surface area contributed by atoms with Crippen molar-refractivity contribution in [3.05, 3.63) is 42.5 Å². The van der Waals surface area contributed by atoms with Gasteiger partial charge in [-0.05, 0) is 45.0 Å². The molecule has 1 rings (SSSR count). The summed E-state index contributed by atoms with van der Waals surface area (Å²) in [6, 6.07) is 5.18. The predicted octanol–water partition coefficient (Wildman–Crippen LogP) is 1.22. The molecular weight excluding hydrogens is 332 g/mol. The van der Waals surface area contributed by atoms with Gasteiger partial charge in [-0.2, -0.15) is 0 Å². The quantitative estimate of drug-likeness (QED) is 0.540. The van der Waals surface area contributed by atoms with Crippen LogP contribution in [0.4, 0.5) is 0 Å². The van der Waals surface area contributed by atoms with E-state index in [9.17, 15) is 18.0 Å². The smallest absolute Gasteiger partial charge is 0.338 e. The van der Waals surface area contributed by atoms with E-state index in [4.69, 9.17) is 4.74 Å². The molecule has 0 unspecified atom stereocenters. The molecule has 0 aliphatic rings. The van der Waals surface area contributed by atoms with Crippen molar-refractivity contribution in [3.8, 4) is 0 Å². The lowest BCUT2D eigenvalue weighted by Crippen LogP contribution is -2.39. The summed E-state index contributed by atoms with van der Waals surface area (Å²) in [7, 11) is -3.65. The first-order valence-electron chi connectivity index (χ1n) is 7.39. The van der Waals surface area contributed by atoms with Crippen molar-refractivity contribution in [2.75, 3.05) is 6.54 Å². The maximum absolute atomic E-state index is 12.0. The molecule has 0 heterocycles. The van der Waals surface area contributed by atoms with Gasteiger partial charge in [-0.1, -0.05) is 6.08 Å². The summed E-state index contributed by atoms with van der Waals surface area (Å²) in [6.45, 7) is 8.60. The van der Waals surface area contributed by atoms with E-state index in [1.807, 2.05) is 0 Å². The van der Waals surface area contributed by atoms with Gasteiger partial charge < -0.3 is 10.1 Å². The van der Waals surface area contributed by atoms with Gasteiger partial charge in [-0.3, -0.25) is 4.79 Å². The summed E-state index contributed by atoms with van der Waals surface area (Å²) in [5, 5.41) is 2.64. The number of carbonyl (C=O) groups is 2. The van der Waals surface area contributed by atoms with Gasteiger partial charge in [0.1, 0.15) is 0 Å². The number of hydrogen-bond acceptors (Lipinski definition) is 5. The Balaban J connectivity index is 2.77. The first-order valence-corrected chi connectivity index (χ1v) is 8.87. The molecule has 1 atom stereocenters. The summed E-state index contributed by atoms with van der Waals surface area (Å²) < 4.78 is 31.2. The van der Waals surface area contributed by atoms with Crippen LogP contribution in [0.15, 0.2) is 41.8 Å². The van der Waals surface area contributed by atoms with E-state index in [1.54, 1.807) is 13.8 Å². The van der Waals surface area contributed by atoms with Gasteiger partial charge in [0.05, 0.1) is 10.5 Å². The molecule has 1 aromatic rings. The van der Waals surface area contributed by atoms with E-state index in [-0.39, 0.29) is 23.0 Å². The Morgan fingerprint density at radius 3 is 2.29 bits per heavy atom. The fourth-order valence-electron chi connectivity index (χ4n) is 1.71. The van der Waals surface area contributed by atoms with Gasteiger partial charge in [0.2, 0.25) is 10.0 Å². The highest BCUT2D eigenvalue weighted by Crippen LogP contribution is 2.12. The molecule has 0 radical (unpaired) electrons. The lowest BCUT2D eigenvalue weighted by molar-refractivity contribution is -0.129. The number of nitrogens with one attached hydrogen (secondary N) is 2. The Labute approximate surface area is 142 Å². The van der Waals surface area contributed by atoms with E-state index >= 15 is 0 Å². The largest absolute Gasteiger partial charge is 0.449 e. The number of rotatable bonds is 8. The van der Waals surface area contributed by atoms with E-state index in [0.717, 1.165) is 0 Å². The SMILES string of the molecule is C=CCNS(=O)(=O)c1ccc(C(=O)O[C@@H](C)C(=O)NC(C)C)cc1. The van der Waals surface area contributed by atoms with Crippen LogP contribution in [0, 0.1) is 0 Å². The molecular formula is C16H22N2O5S. The number of esters is 1. The maximum atomic E-state index is 12.0. The van der Waals surface area contributed by atoms with Crippen LogP contribution in [0.2, 0.25) is 0 Å². The number of ether oxygens (including phenoxy) is 1. The molecule has 0 aliphatic carbocycles. The first-order chi connectivity index (χ1) is 11.2. The van der Waals surface area contributed by atoms with Crippen molar-refractivity contribution in [1.82, 2.24) is 10.0 Å². The number of sulfonamides is 1. The fourth-order valence-corrected chi connectivity index (χ4v) is 2.70. The van der Waals surface area contributed by atoms with E-state index in [0.29, 0.717) is 0 Å². The Hall–Kier alpha value is -2.19. The van der Waals surface area contributed by atoms with Crippen molar-refractivity contribution in [2.24, 2.45) is 0 Å². The molecule has 0 saturated carbocycles.